The lowest BCUT2D eigenvalue weighted by Crippen LogP contribution is -2.44. The minimum atomic E-state index is -2.35. The lowest BCUT2D eigenvalue weighted by Gasteiger charge is -2.34. The smallest absolute Gasteiger partial charge is 0.244 e. The molecule has 5 rings (SSSR count). The van der Waals surface area contributed by atoms with E-state index >= 15 is 0 Å². The number of ether oxygens (including phenoxy) is 1. The molecule has 0 radical (unpaired) electrons. The molecule has 1 N–H and O–H groups in total. The number of likely N-dealkylation sites (N-methyl/N-ethyl adjacent to an activating group) is 1. The summed E-state index contributed by atoms with van der Waals surface area (Å²) in [5.41, 5.74) is 2.61. The third-order valence-electron chi connectivity index (χ3n) is 5.83. The number of pyridine rings is 1. The largest absolute Gasteiger partial charge is 0.479 e. The Bertz CT molecular complexity index is 1490. The van der Waals surface area contributed by atoms with Crippen LogP contribution in [-0.4, -0.2) is 86.7 Å². The summed E-state index contributed by atoms with van der Waals surface area (Å²) in [6, 6.07) is 13.5. The van der Waals surface area contributed by atoms with Crippen molar-refractivity contribution in [3.63, 3.8) is 0 Å². The van der Waals surface area contributed by atoms with Crippen molar-refractivity contribution in [2.45, 2.75) is 0 Å². The van der Waals surface area contributed by atoms with E-state index in [0.29, 0.717) is 34.5 Å². The van der Waals surface area contributed by atoms with Crippen molar-refractivity contribution in [1.29, 1.82) is 0 Å². The van der Waals surface area contributed by atoms with Gasteiger partial charge in [-0.25, -0.2) is 14.2 Å². The van der Waals surface area contributed by atoms with Gasteiger partial charge in [0.1, 0.15) is 5.39 Å². The first-order valence-corrected chi connectivity index (χ1v) is 13.9. The van der Waals surface area contributed by atoms with Crippen LogP contribution in [-0.2, 0) is 9.73 Å². The van der Waals surface area contributed by atoms with Gasteiger partial charge in [0, 0.05) is 66.0 Å². The molecule has 3 aromatic heterocycles. The Hall–Kier alpha value is -3.77. The van der Waals surface area contributed by atoms with Crippen LogP contribution >= 0.6 is 0 Å². The number of nitrogens with zero attached hydrogens (tertiary/aromatic N) is 8. The molecule has 11 nitrogen and oxygen atoms in total. The molecule has 1 fully saturated rings. The molecule has 0 amide bonds. The molecule has 4 aromatic rings. The summed E-state index contributed by atoms with van der Waals surface area (Å²) in [6.07, 6.45) is 4.80. The fourth-order valence-corrected chi connectivity index (χ4v) is 4.56. The van der Waals surface area contributed by atoms with Crippen molar-refractivity contribution in [1.82, 2.24) is 29.6 Å². The molecular formula is C24H29N9O2S. The lowest BCUT2D eigenvalue weighted by molar-refractivity contribution is 0.313. The van der Waals surface area contributed by atoms with Gasteiger partial charge in [-0.2, -0.15) is 14.0 Å². The first-order chi connectivity index (χ1) is 17.3. The number of piperazine rings is 1. The van der Waals surface area contributed by atoms with E-state index in [0.717, 1.165) is 31.9 Å². The molecule has 1 aromatic carbocycles. The molecular weight excluding hydrogens is 478 g/mol. The van der Waals surface area contributed by atoms with Gasteiger partial charge in [-0.15, -0.1) is 5.10 Å². The molecule has 0 spiro atoms. The highest BCUT2D eigenvalue weighted by Crippen LogP contribution is 2.27. The summed E-state index contributed by atoms with van der Waals surface area (Å²) >= 11 is 0. The third-order valence-corrected chi connectivity index (χ3v) is 6.45. The number of benzene rings is 1. The van der Waals surface area contributed by atoms with Crippen LogP contribution in [0.3, 0.4) is 0 Å². The summed E-state index contributed by atoms with van der Waals surface area (Å²) in [5.74, 6) is 1.64. The monoisotopic (exact) mass is 507 g/mol. The van der Waals surface area contributed by atoms with Crippen molar-refractivity contribution in [3.8, 4) is 11.7 Å². The zero-order chi connectivity index (χ0) is 25.3. The van der Waals surface area contributed by atoms with Gasteiger partial charge in [0.25, 0.3) is 0 Å². The van der Waals surface area contributed by atoms with Gasteiger partial charge in [0.15, 0.2) is 17.3 Å². The normalized spacial score (nSPS) is 14.7. The van der Waals surface area contributed by atoms with Crippen LogP contribution < -0.4 is 15.0 Å². The SMILES string of the molecule is COc1nn(-c2cccc(N=S(C)(C)=O)n2)c2nc(Nc3ccc(N4CCN(C)CC4)cc3)ncc12. The van der Waals surface area contributed by atoms with Crippen molar-refractivity contribution in [2.24, 2.45) is 4.36 Å². The molecule has 0 unspecified atom stereocenters. The van der Waals surface area contributed by atoms with E-state index in [1.807, 2.05) is 12.1 Å². The van der Waals surface area contributed by atoms with Gasteiger partial charge < -0.3 is 19.9 Å². The Labute approximate surface area is 210 Å². The van der Waals surface area contributed by atoms with Crippen LogP contribution in [0.1, 0.15) is 0 Å². The predicted molar refractivity (Wildman–Crippen MR) is 143 cm³/mol. The maximum absolute atomic E-state index is 12.1. The Balaban J connectivity index is 1.44. The average Bonchev–Trinajstić information content (AvgIpc) is 3.22. The number of hydrogen-bond acceptors (Lipinski definition) is 10. The molecule has 188 valence electrons. The van der Waals surface area contributed by atoms with Gasteiger partial charge in [0.2, 0.25) is 11.8 Å². The zero-order valence-corrected chi connectivity index (χ0v) is 21.6. The highest BCUT2D eigenvalue weighted by Gasteiger charge is 2.17. The predicted octanol–water partition coefficient (Wildman–Crippen LogP) is 3.07. The molecule has 0 saturated carbocycles. The Kier molecular flexibility index (Phi) is 6.46. The second kappa shape index (κ2) is 9.70. The van der Waals surface area contributed by atoms with Gasteiger partial charge in [-0.3, -0.25) is 0 Å². The summed E-state index contributed by atoms with van der Waals surface area (Å²) in [6.45, 7) is 4.16. The Morgan fingerprint density at radius 2 is 1.78 bits per heavy atom. The second-order valence-corrected chi connectivity index (χ2v) is 11.5. The topological polar surface area (TPSA) is 114 Å². The van der Waals surface area contributed by atoms with Crippen molar-refractivity contribution in [2.75, 3.05) is 63.1 Å². The first-order valence-electron chi connectivity index (χ1n) is 11.5. The van der Waals surface area contributed by atoms with E-state index in [1.54, 1.807) is 48.7 Å². The molecule has 36 heavy (non-hydrogen) atoms. The minimum absolute atomic E-state index is 0.359. The van der Waals surface area contributed by atoms with Crippen LogP contribution in [0.25, 0.3) is 16.9 Å². The van der Waals surface area contributed by atoms with Crippen molar-refractivity contribution >= 4 is 43.9 Å². The number of methoxy groups -OCH3 is 1. The third kappa shape index (κ3) is 5.24. The number of nitrogens with one attached hydrogen (secondary N) is 1. The number of aromatic nitrogens is 5. The lowest BCUT2D eigenvalue weighted by atomic mass is 10.2. The average molecular weight is 508 g/mol. The van der Waals surface area contributed by atoms with E-state index in [1.165, 1.54) is 5.69 Å². The number of rotatable bonds is 6. The van der Waals surface area contributed by atoms with Crippen LogP contribution in [0.2, 0.25) is 0 Å². The van der Waals surface area contributed by atoms with Crippen LogP contribution in [0, 0.1) is 0 Å². The molecule has 1 aliphatic heterocycles. The van der Waals surface area contributed by atoms with E-state index in [4.69, 9.17) is 9.72 Å². The van der Waals surface area contributed by atoms with Gasteiger partial charge >= 0.3 is 0 Å². The fraction of sp³-hybridized carbons (Fsp3) is 0.333. The van der Waals surface area contributed by atoms with Gasteiger partial charge in [-0.1, -0.05) is 6.07 Å². The van der Waals surface area contributed by atoms with Crippen LogP contribution in [0.4, 0.5) is 23.1 Å². The van der Waals surface area contributed by atoms with Gasteiger partial charge in [-0.05, 0) is 43.4 Å². The zero-order valence-electron chi connectivity index (χ0n) is 20.7. The van der Waals surface area contributed by atoms with Crippen molar-refractivity contribution < 1.29 is 8.95 Å². The molecule has 0 bridgehead atoms. The first kappa shape index (κ1) is 23.9. The molecule has 12 heteroatoms. The number of anilines is 3. The maximum Gasteiger partial charge on any atom is 0.244 e. The summed E-state index contributed by atoms with van der Waals surface area (Å²) < 4.78 is 23.3. The van der Waals surface area contributed by atoms with E-state index in [2.05, 4.69) is 53.7 Å². The fourth-order valence-electron chi connectivity index (χ4n) is 4.00. The van der Waals surface area contributed by atoms with Crippen LogP contribution in [0.5, 0.6) is 5.88 Å². The number of hydrogen-bond donors (Lipinski definition) is 1. The summed E-state index contributed by atoms with van der Waals surface area (Å²) in [7, 11) is 1.34. The number of fused-ring (bicyclic) bond motifs is 1. The van der Waals surface area contributed by atoms with E-state index < -0.39 is 9.73 Å². The highest BCUT2D eigenvalue weighted by atomic mass is 32.2. The highest BCUT2D eigenvalue weighted by molar-refractivity contribution is 7.92. The molecule has 0 aliphatic carbocycles. The molecule has 0 atom stereocenters. The quantitative estimate of drug-likeness (QED) is 0.420. The van der Waals surface area contributed by atoms with Gasteiger partial charge in [0.05, 0.1) is 7.11 Å². The minimum Gasteiger partial charge on any atom is -0.479 e. The van der Waals surface area contributed by atoms with Crippen LogP contribution in [0.15, 0.2) is 53.0 Å². The Morgan fingerprint density at radius 3 is 2.47 bits per heavy atom. The maximum atomic E-state index is 12.1. The molecule has 4 heterocycles. The van der Waals surface area contributed by atoms with Crippen molar-refractivity contribution in [3.05, 3.63) is 48.7 Å². The van der Waals surface area contributed by atoms with E-state index in [9.17, 15) is 4.21 Å². The molecule has 1 saturated heterocycles. The second-order valence-electron chi connectivity index (χ2n) is 8.94. The molecule has 1 aliphatic rings. The Morgan fingerprint density at radius 1 is 1.03 bits per heavy atom. The standard InChI is InChI=1S/C24H29N9O2S/c1-31-12-14-32(15-13-31)18-10-8-17(9-11-18)26-24-25-16-19-22(28-24)33(29-23(19)35-2)21-7-5-6-20(27-21)30-36(3,4)34/h5-11,16H,12-15H2,1-4H3,(H,25,26,28). The summed E-state index contributed by atoms with van der Waals surface area (Å²) in [4.78, 5) is 18.4. The summed E-state index contributed by atoms with van der Waals surface area (Å²) in [5, 5.41) is 8.43. The van der Waals surface area contributed by atoms with E-state index in [-0.39, 0.29) is 0 Å².